The average Bonchev–Trinajstić information content (AvgIpc) is 2.67. The molecule has 0 aliphatic carbocycles. The molecule has 2 rings (SSSR count). The van der Waals surface area contributed by atoms with Crippen LogP contribution < -0.4 is 10.1 Å². The summed E-state index contributed by atoms with van der Waals surface area (Å²) in [6.45, 7) is 1.23. The van der Waals surface area contributed by atoms with E-state index in [1.807, 2.05) is 0 Å². The van der Waals surface area contributed by atoms with Gasteiger partial charge in [0.05, 0.1) is 7.11 Å². The van der Waals surface area contributed by atoms with E-state index in [4.69, 9.17) is 9.47 Å². The second kappa shape index (κ2) is 9.36. The molecule has 1 unspecified atom stereocenters. The van der Waals surface area contributed by atoms with Crippen LogP contribution in [0.1, 0.15) is 22.8 Å². The first-order chi connectivity index (χ1) is 12.5. The Morgan fingerprint density at radius 1 is 1.00 bits per heavy atom. The molecule has 0 heterocycles. The predicted octanol–water partition coefficient (Wildman–Crippen LogP) is 2.37. The molecule has 6 heteroatoms. The zero-order valence-electron chi connectivity index (χ0n) is 14.7. The molecule has 0 aliphatic heterocycles. The molecule has 1 amide bonds. The van der Waals surface area contributed by atoms with Crippen molar-refractivity contribution in [3.8, 4) is 5.75 Å². The number of carbonyl (C=O) groups excluding carboxylic acids is 3. The fourth-order valence-electron chi connectivity index (χ4n) is 2.26. The van der Waals surface area contributed by atoms with Crippen LogP contribution >= 0.6 is 0 Å². The van der Waals surface area contributed by atoms with Crippen LogP contribution in [0.25, 0.3) is 0 Å². The van der Waals surface area contributed by atoms with Crippen molar-refractivity contribution in [3.05, 3.63) is 65.7 Å². The molecule has 0 fully saturated rings. The van der Waals surface area contributed by atoms with Crippen molar-refractivity contribution < 1.29 is 23.9 Å². The van der Waals surface area contributed by atoms with Gasteiger partial charge in [0.2, 0.25) is 0 Å². The van der Waals surface area contributed by atoms with Gasteiger partial charge in [0.15, 0.2) is 0 Å². The molecular weight excluding hydrogens is 334 g/mol. The lowest BCUT2D eigenvalue weighted by atomic mass is 10.1. The van der Waals surface area contributed by atoms with Gasteiger partial charge in [-0.2, -0.15) is 0 Å². The Balaban J connectivity index is 1.90. The smallest absolute Gasteiger partial charge is 0.318 e. The zero-order chi connectivity index (χ0) is 18.9. The van der Waals surface area contributed by atoms with Crippen LogP contribution in [0.5, 0.6) is 5.75 Å². The molecule has 0 saturated heterocycles. The summed E-state index contributed by atoms with van der Waals surface area (Å²) in [7, 11) is 1.57. The molecule has 0 radical (unpaired) electrons. The van der Waals surface area contributed by atoms with Gasteiger partial charge in [-0.3, -0.25) is 14.4 Å². The highest BCUT2D eigenvalue weighted by molar-refractivity contribution is 5.99. The molecule has 0 saturated carbocycles. The number of ether oxygens (including phenoxy) is 2. The number of hydrogen-bond acceptors (Lipinski definition) is 5. The van der Waals surface area contributed by atoms with Crippen LogP contribution in [-0.2, 0) is 20.9 Å². The molecule has 26 heavy (non-hydrogen) atoms. The Morgan fingerprint density at radius 2 is 1.65 bits per heavy atom. The molecular formula is C20H21NO5. The van der Waals surface area contributed by atoms with Crippen molar-refractivity contribution in [1.82, 2.24) is 5.32 Å². The molecule has 0 aliphatic rings. The van der Waals surface area contributed by atoms with Gasteiger partial charge in [-0.1, -0.05) is 30.3 Å². The maximum atomic E-state index is 12.2. The Labute approximate surface area is 152 Å². The lowest BCUT2D eigenvalue weighted by molar-refractivity contribution is -0.152. The minimum Gasteiger partial charge on any atom is -0.497 e. The van der Waals surface area contributed by atoms with Crippen molar-refractivity contribution in [2.24, 2.45) is 5.92 Å². The summed E-state index contributed by atoms with van der Waals surface area (Å²) in [5, 5.41) is 2.60. The first kappa shape index (κ1) is 19.2. The number of nitrogens with one attached hydrogen (secondary N) is 1. The van der Waals surface area contributed by atoms with E-state index in [0.29, 0.717) is 11.3 Å². The molecule has 0 bridgehead atoms. The molecule has 6 nitrogen and oxygen atoms in total. The fraction of sp³-hybridized carbons (Fsp3) is 0.250. The highest BCUT2D eigenvalue weighted by Gasteiger charge is 2.25. The van der Waals surface area contributed by atoms with Gasteiger partial charge in [-0.25, -0.2) is 0 Å². The molecule has 2 aromatic rings. The number of benzene rings is 2. The van der Waals surface area contributed by atoms with Crippen LogP contribution in [-0.4, -0.2) is 31.3 Å². The van der Waals surface area contributed by atoms with Crippen LogP contribution in [0.4, 0.5) is 0 Å². The monoisotopic (exact) mass is 355 g/mol. The van der Waals surface area contributed by atoms with Crippen molar-refractivity contribution in [1.29, 1.82) is 0 Å². The van der Waals surface area contributed by atoms with Crippen LogP contribution in [0.2, 0.25) is 0 Å². The third kappa shape index (κ3) is 5.44. The molecule has 0 aromatic heterocycles. The Morgan fingerprint density at radius 3 is 2.23 bits per heavy atom. The van der Waals surface area contributed by atoms with E-state index >= 15 is 0 Å². The van der Waals surface area contributed by atoms with E-state index in [1.54, 1.807) is 61.7 Å². The largest absolute Gasteiger partial charge is 0.497 e. The highest BCUT2D eigenvalue weighted by atomic mass is 16.5. The first-order valence-corrected chi connectivity index (χ1v) is 8.14. The van der Waals surface area contributed by atoms with Crippen molar-refractivity contribution in [2.45, 2.75) is 13.5 Å². The van der Waals surface area contributed by atoms with Crippen molar-refractivity contribution >= 4 is 17.7 Å². The number of hydrogen-bond donors (Lipinski definition) is 1. The predicted molar refractivity (Wildman–Crippen MR) is 95.7 cm³/mol. The zero-order valence-corrected chi connectivity index (χ0v) is 14.7. The summed E-state index contributed by atoms with van der Waals surface area (Å²) in [5.41, 5.74) is 1.23. The normalized spacial score (nSPS) is 11.3. The fourth-order valence-corrected chi connectivity index (χ4v) is 2.26. The second-order valence-corrected chi connectivity index (χ2v) is 5.70. The lowest BCUT2D eigenvalue weighted by Crippen LogP contribution is -2.37. The van der Waals surface area contributed by atoms with Gasteiger partial charge in [-0.05, 0) is 36.8 Å². The minimum absolute atomic E-state index is 0.0409. The highest BCUT2D eigenvalue weighted by Crippen LogP contribution is 2.13. The van der Waals surface area contributed by atoms with E-state index in [9.17, 15) is 14.4 Å². The van der Waals surface area contributed by atoms with Gasteiger partial charge in [-0.15, -0.1) is 0 Å². The quantitative estimate of drug-likeness (QED) is 0.581. The van der Waals surface area contributed by atoms with E-state index in [1.165, 1.54) is 6.92 Å². The van der Waals surface area contributed by atoms with E-state index in [2.05, 4.69) is 5.32 Å². The maximum Gasteiger partial charge on any atom is 0.318 e. The Kier molecular flexibility index (Phi) is 6.91. The third-order valence-corrected chi connectivity index (χ3v) is 3.82. The summed E-state index contributed by atoms with van der Waals surface area (Å²) < 4.78 is 10.3. The molecule has 136 valence electrons. The van der Waals surface area contributed by atoms with Gasteiger partial charge in [0, 0.05) is 12.1 Å². The van der Waals surface area contributed by atoms with Crippen molar-refractivity contribution in [2.75, 3.05) is 13.7 Å². The maximum absolute atomic E-state index is 12.2. The van der Waals surface area contributed by atoms with E-state index in [0.717, 1.165) is 5.56 Å². The molecule has 1 N–H and O–H groups in total. The molecule has 2 aromatic carbocycles. The van der Waals surface area contributed by atoms with Gasteiger partial charge in [0.25, 0.3) is 5.91 Å². The summed E-state index contributed by atoms with van der Waals surface area (Å²) >= 11 is 0. The number of methoxy groups -OCH3 is 1. The second-order valence-electron chi connectivity index (χ2n) is 5.70. The topological polar surface area (TPSA) is 81.7 Å². The minimum atomic E-state index is -1.04. The van der Waals surface area contributed by atoms with Crippen LogP contribution in [0.3, 0.4) is 0 Å². The summed E-state index contributed by atoms with van der Waals surface area (Å²) in [4.78, 5) is 36.0. The Bertz CT molecular complexity index is 756. The SMILES string of the molecule is COc1ccc(COC(=O)C(CNC(=O)c2ccccc2)C(C)=O)cc1. The summed E-state index contributed by atoms with van der Waals surface area (Å²) in [5.74, 6) is -1.72. The number of amides is 1. The van der Waals surface area contributed by atoms with E-state index in [-0.39, 0.29) is 24.8 Å². The van der Waals surface area contributed by atoms with Crippen LogP contribution in [0, 0.1) is 5.92 Å². The lowest BCUT2D eigenvalue weighted by Gasteiger charge is -2.14. The number of ketones is 1. The standard InChI is InChI=1S/C20H21NO5/c1-14(22)18(12-21-19(23)16-6-4-3-5-7-16)20(24)26-13-15-8-10-17(25-2)11-9-15/h3-11,18H,12-13H2,1-2H3,(H,21,23). The van der Waals surface area contributed by atoms with Crippen molar-refractivity contribution in [3.63, 3.8) is 0 Å². The third-order valence-electron chi connectivity index (χ3n) is 3.82. The molecule has 1 atom stereocenters. The molecule has 0 spiro atoms. The number of Topliss-reactive ketones (excluding diaryl/α,β-unsaturated/α-hetero) is 1. The summed E-state index contributed by atoms with van der Waals surface area (Å²) in [6, 6.07) is 15.6. The first-order valence-electron chi connectivity index (χ1n) is 8.14. The summed E-state index contributed by atoms with van der Waals surface area (Å²) in [6.07, 6.45) is 0. The van der Waals surface area contributed by atoms with Crippen LogP contribution in [0.15, 0.2) is 54.6 Å². The number of carbonyl (C=O) groups is 3. The van der Waals surface area contributed by atoms with Gasteiger partial charge >= 0.3 is 5.97 Å². The van der Waals surface area contributed by atoms with E-state index < -0.39 is 11.9 Å². The van der Waals surface area contributed by atoms with Gasteiger partial charge in [0.1, 0.15) is 24.1 Å². The number of esters is 1. The average molecular weight is 355 g/mol. The Hall–Kier alpha value is -3.15. The van der Waals surface area contributed by atoms with Gasteiger partial charge < -0.3 is 14.8 Å². The number of rotatable bonds is 8.